The summed E-state index contributed by atoms with van der Waals surface area (Å²) in [5.74, 6) is 0.296. The highest BCUT2D eigenvalue weighted by Gasteiger charge is 2.32. The highest BCUT2D eigenvalue weighted by molar-refractivity contribution is 7.99. The Bertz CT molecular complexity index is 1600. The van der Waals surface area contributed by atoms with Crippen LogP contribution in [-0.4, -0.2) is 59.3 Å². The molecule has 1 saturated heterocycles. The molecule has 2 heterocycles. The molecule has 0 radical (unpaired) electrons. The number of benzene rings is 3. The van der Waals surface area contributed by atoms with Crippen LogP contribution in [0.4, 0.5) is 0 Å². The number of carbonyl (C=O) groups is 2. The van der Waals surface area contributed by atoms with Crippen LogP contribution < -0.4 is 10.8 Å². The molecule has 0 bridgehead atoms. The number of tetrazole rings is 1. The number of aromatic nitrogens is 4. The fraction of sp³-hybridized carbons (Fsp3) is 0.382. The quantitative estimate of drug-likeness (QED) is 0.0482. The van der Waals surface area contributed by atoms with Crippen LogP contribution in [0.5, 0.6) is 5.75 Å². The van der Waals surface area contributed by atoms with Crippen LogP contribution in [0.25, 0.3) is 5.69 Å². The van der Waals surface area contributed by atoms with E-state index in [0.717, 1.165) is 47.2 Å². The molecule has 13 nitrogen and oxygen atoms in total. The molecule has 48 heavy (non-hydrogen) atoms. The Morgan fingerprint density at radius 2 is 1.52 bits per heavy atom. The smallest absolute Gasteiger partial charge is 0.243 e. The normalized spacial score (nSPS) is 17.6. The molecule has 1 fully saturated rings. The average Bonchev–Trinajstić information content (AvgIpc) is 3.60. The number of amides is 2. The van der Waals surface area contributed by atoms with Crippen molar-refractivity contribution in [3.8, 4) is 11.4 Å². The molecule has 1 aliphatic rings. The van der Waals surface area contributed by atoms with Gasteiger partial charge in [0.25, 0.3) is 0 Å². The van der Waals surface area contributed by atoms with Gasteiger partial charge in [-0.2, -0.15) is 4.68 Å². The number of thioether (sulfide) groups is 1. The summed E-state index contributed by atoms with van der Waals surface area (Å²) in [6.45, 7) is 0.365. The number of carbonyl (C=O) groups excluding carboxylic acids is 2. The van der Waals surface area contributed by atoms with E-state index in [2.05, 4.69) is 20.8 Å². The second kappa shape index (κ2) is 17.7. The first-order chi connectivity index (χ1) is 23.4. The van der Waals surface area contributed by atoms with Gasteiger partial charge in [0.2, 0.25) is 17.0 Å². The van der Waals surface area contributed by atoms with Gasteiger partial charge >= 0.3 is 0 Å². The van der Waals surface area contributed by atoms with E-state index in [9.17, 15) is 19.8 Å². The number of nitrogens with one attached hydrogen (secondary N) is 2. The molecular weight excluding hydrogens is 636 g/mol. The van der Waals surface area contributed by atoms with E-state index in [1.165, 1.54) is 11.8 Å². The van der Waals surface area contributed by atoms with E-state index in [-0.39, 0.29) is 36.9 Å². The van der Waals surface area contributed by atoms with Gasteiger partial charge in [-0.05, 0) is 64.2 Å². The van der Waals surface area contributed by atoms with Gasteiger partial charge in [-0.25, -0.2) is 5.48 Å². The number of hydrogen-bond donors (Lipinski definition) is 5. The highest BCUT2D eigenvalue weighted by atomic mass is 32.2. The number of unbranched alkanes of at least 4 members (excludes halogenated alkanes) is 3. The third-order valence-corrected chi connectivity index (χ3v) is 9.02. The molecule has 4 aromatic rings. The number of aliphatic hydroxyl groups excluding tert-OH is 1. The molecule has 3 unspecified atom stereocenters. The van der Waals surface area contributed by atoms with Gasteiger partial charge in [0.15, 0.2) is 6.29 Å². The lowest BCUT2D eigenvalue weighted by Gasteiger charge is -2.36. The summed E-state index contributed by atoms with van der Waals surface area (Å²) < 4.78 is 14.5. The molecule has 254 valence electrons. The highest BCUT2D eigenvalue weighted by Crippen LogP contribution is 2.39. The fourth-order valence-corrected chi connectivity index (χ4v) is 6.19. The molecule has 5 N–H and O–H groups in total. The molecule has 0 saturated carbocycles. The van der Waals surface area contributed by atoms with Crippen molar-refractivity contribution in [2.45, 2.75) is 81.8 Å². The van der Waals surface area contributed by atoms with E-state index < -0.39 is 12.2 Å². The number of phenolic OH excluding ortho intramolecular Hbond substituents is 1. The molecule has 1 aliphatic heterocycles. The van der Waals surface area contributed by atoms with Crippen LogP contribution in [0, 0.1) is 0 Å². The summed E-state index contributed by atoms with van der Waals surface area (Å²) in [6, 6.07) is 22.2. The molecule has 0 aliphatic carbocycles. The Balaban J connectivity index is 1.18. The van der Waals surface area contributed by atoms with E-state index in [4.69, 9.17) is 14.7 Å². The summed E-state index contributed by atoms with van der Waals surface area (Å²) in [5, 5.41) is 43.4. The summed E-state index contributed by atoms with van der Waals surface area (Å²) in [6.07, 6.45) is 3.27. The monoisotopic (exact) mass is 676 g/mol. The zero-order chi connectivity index (χ0) is 33.7. The first-order valence-corrected chi connectivity index (χ1v) is 16.9. The number of hydroxylamine groups is 1. The maximum atomic E-state index is 12.3. The third-order valence-electron chi connectivity index (χ3n) is 7.97. The number of ether oxygens (including phenoxy) is 2. The van der Waals surface area contributed by atoms with Crippen molar-refractivity contribution in [3.63, 3.8) is 0 Å². The number of hydrogen-bond acceptors (Lipinski definition) is 11. The lowest BCUT2D eigenvalue weighted by atomic mass is 10.0. The first-order valence-electron chi connectivity index (χ1n) is 15.9. The molecule has 14 heteroatoms. The topological polar surface area (TPSA) is 181 Å². The van der Waals surface area contributed by atoms with E-state index in [1.54, 1.807) is 34.4 Å². The van der Waals surface area contributed by atoms with E-state index in [0.29, 0.717) is 36.7 Å². The second-order valence-corrected chi connectivity index (χ2v) is 12.5. The van der Waals surface area contributed by atoms with Gasteiger partial charge in [0.05, 0.1) is 24.5 Å². The van der Waals surface area contributed by atoms with Gasteiger partial charge in [0.1, 0.15) is 5.75 Å². The van der Waals surface area contributed by atoms with Crippen LogP contribution in [0.3, 0.4) is 0 Å². The van der Waals surface area contributed by atoms with Gasteiger partial charge in [-0.1, -0.05) is 73.1 Å². The molecule has 2 amide bonds. The minimum atomic E-state index is -0.632. The third kappa shape index (κ3) is 10.1. The molecule has 0 spiro atoms. The Kier molecular flexibility index (Phi) is 12.9. The van der Waals surface area contributed by atoms with Crippen molar-refractivity contribution in [1.29, 1.82) is 0 Å². The lowest BCUT2D eigenvalue weighted by Crippen LogP contribution is -2.31. The van der Waals surface area contributed by atoms with Crippen molar-refractivity contribution < 1.29 is 34.5 Å². The van der Waals surface area contributed by atoms with E-state index in [1.807, 2.05) is 48.5 Å². The molecular formula is C34H40N6O7S. The van der Waals surface area contributed by atoms with Gasteiger partial charge in [-0.15, -0.1) is 5.10 Å². The molecule has 3 aromatic carbocycles. The predicted octanol–water partition coefficient (Wildman–Crippen LogP) is 4.66. The summed E-state index contributed by atoms with van der Waals surface area (Å²) in [4.78, 5) is 23.4. The maximum absolute atomic E-state index is 12.3. The zero-order valence-corrected chi connectivity index (χ0v) is 27.2. The van der Waals surface area contributed by atoms with Crippen molar-refractivity contribution in [3.05, 3.63) is 95.1 Å². The zero-order valence-electron chi connectivity index (χ0n) is 26.4. The van der Waals surface area contributed by atoms with Crippen molar-refractivity contribution >= 4 is 23.6 Å². The van der Waals surface area contributed by atoms with Gasteiger partial charge < -0.3 is 25.0 Å². The molecule has 5 rings (SSSR count). The average molecular weight is 677 g/mol. The Morgan fingerprint density at radius 3 is 2.21 bits per heavy atom. The van der Waals surface area contributed by atoms with Crippen LogP contribution in [-0.2, 0) is 32.2 Å². The summed E-state index contributed by atoms with van der Waals surface area (Å²) in [7, 11) is 0. The van der Waals surface area contributed by atoms with Crippen LogP contribution in [0.1, 0.15) is 79.6 Å². The Labute approximate surface area is 282 Å². The van der Waals surface area contributed by atoms with Crippen LogP contribution in [0.15, 0.2) is 78.0 Å². The SMILES string of the molecule is O=C(CCCCCCC(=O)NCc1ccc(C2OC(CSc3nnnn3-c3ccc(O)cc3)CC(c3ccc(CO)cc3)O2)cc1)NO. The fourth-order valence-electron chi connectivity index (χ4n) is 5.28. The molecule has 3 atom stereocenters. The number of aromatic hydroxyl groups is 1. The van der Waals surface area contributed by atoms with Gasteiger partial charge in [0, 0.05) is 37.1 Å². The van der Waals surface area contributed by atoms with Crippen LogP contribution >= 0.6 is 11.8 Å². The summed E-state index contributed by atoms with van der Waals surface area (Å²) >= 11 is 1.47. The first kappa shape index (κ1) is 35.0. The largest absolute Gasteiger partial charge is 0.508 e. The standard InChI is InChI=1S/C34H40N6O7S/c41-21-24-9-11-25(12-10-24)30-19-29(22-48-34-36-38-39-40(34)27-15-17-28(42)18-16-27)46-33(47-30)26-13-7-23(8-14-26)20-35-31(43)5-3-1-2-4-6-32(44)37-45/h7-18,29-30,33,41-42,45H,1-6,19-22H2,(H,35,43)(H,37,44). The second-order valence-electron chi connectivity index (χ2n) is 11.5. The Hall–Kier alpha value is -4.34. The van der Waals surface area contributed by atoms with Crippen molar-refractivity contribution in [2.75, 3.05) is 5.75 Å². The minimum Gasteiger partial charge on any atom is -0.508 e. The molecule has 1 aromatic heterocycles. The van der Waals surface area contributed by atoms with Gasteiger partial charge in [-0.3, -0.25) is 14.8 Å². The predicted molar refractivity (Wildman–Crippen MR) is 176 cm³/mol. The van der Waals surface area contributed by atoms with E-state index >= 15 is 0 Å². The summed E-state index contributed by atoms with van der Waals surface area (Å²) in [5.41, 5.74) is 5.95. The van der Waals surface area contributed by atoms with Crippen molar-refractivity contribution in [1.82, 2.24) is 31.0 Å². The van der Waals surface area contributed by atoms with Crippen LogP contribution in [0.2, 0.25) is 0 Å². The number of aliphatic hydroxyl groups is 1. The maximum Gasteiger partial charge on any atom is 0.243 e. The Morgan fingerprint density at radius 1 is 0.854 bits per heavy atom. The minimum absolute atomic E-state index is 0.0297. The van der Waals surface area contributed by atoms with Crippen molar-refractivity contribution in [2.24, 2.45) is 0 Å². The number of phenols is 1. The lowest BCUT2D eigenvalue weighted by molar-refractivity contribution is -0.245. The number of nitrogens with zero attached hydrogens (tertiary/aromatic N) is 4. The number of rotatable bonds is 16.